The summed E-state index contributed by atoms with van der Waals surface area (Å²) < 4.78 is 33.9. The second-order valence-electron chi connectivity index (χ2n) is 6.48. The molecule has 0 radical (unpaired) electrons. The number of nitrogens with zero attached hydrogens (tertiary/aromatic N) is 1. The third kappa shape index (κ3) is 3.54. The first-order valence-corrected chi connectivity index (χ1v) is 9.99. The van der Waals surface area contributed by atoms with Gasteiger partial charge in [0.05, 0.1) is 11.5 Å². The minimum absolute atomic E-state index is 0.0344. The lowest BCUT2D eigenvalue weighted by Crippen LogP contribution is -2.46. The predicted molar refractivity (Wildman–Crippen MR) is 90.3 cm³/mol. The van der Waals surface area contributed by atoms with Crippen LogP contribution in [0.2, 0.25) is 0 Å². The van der Waals surface area contributed by atoms with Crippen molar-refractivity contribution in [3.8, 4) is 5.75 Å². The Morgan fingerprint density at radius 2 is 2.09 bits per heavy atom. The predicted octanol–water partition coefficient (Wildman–Crippen LogP) is 2.30. The number of piperidine rings is 1. The highest BCUT2D eigenvalue weighted by atomic mass is 32.2. The quantitative estimate of drug-likeness (QED) is 0.895. The zero-order valence-corrected chi connectivity index (χ0v) is 14.7. The van der Waals surface area contributed by atoms with Crippen molar-refractivity contribution in [3.05, 3.63) is 23.8 Å². The molecule has 0 aliphatic carbocycles. The van der Waals surface area contributed by atoms with E-state index in [2.05, 4.69) is 9.62 Å². The summed E-state index contributed by atoms with van der Waals surface area (Å²) in [6.07, 6.45) is 4.42. The van der Waals surface area contributed by atoms with Crippen LogP contribution in [-0.2, 0) is 10.0 Å². The van der Waals surface area contributed by atoms with Crippen molar-refractivity contribution in [3.63, 3.8) is 0 Å². The highest BCUT2D eigenvalue weighted by molar-refractivity contribution is 7.89. The van der Waals surface area contributed by atoms with Crippen molar-refractivity contribution in [1.29, 1.82) is 0 Å². The molecule has 2 atom stereocenters. The van der Waals surface area contributed by atoms with Crippen LogP contribution >= 0.6 is 0 Å². The topological polar surface area (TPSA) is 58.6 Å². The minimum atomic E-state index is -3.48. The normalized spacial score (nSPS) is 25.3. The molecule has 6 heteroatoms. The maximum atomic E-state index is 12.7. The van der Waals surface area contributed by atoms with Gasteiger partial charge in [-0.3, -0.25) is 4.90 Å². The van der Waals surface area contributed by atoms with E-state index in [0.717, 1.165) is 37.2 Å². The monoisotopic (exact) mass is 338 g/mol. The van der Waals surface area contributed by atoms with Gasteiger partial charge in [-0.1, -0.05) is 6.42 Å². The van der Waals surface area contributed by atoms with E-state index in [1.165, 1.54) is 12.8 Å². The minimum Gasteiger partial charge on any atom is -0.494 e. The van der Waals surface area contributed by atoms with Gasteiger partial charge in [0.2, 0.25) is 10.0 Å². The molecule has 1 N–H and O–H groups in total. The van der Waals surface area contributed by atoms with Crippen LogP contribution in [-0.4, -0.2) is 45.1 Å². The molecule has 3 rings (SSSR count). The van der Waals surface area contributed by atoms with Gasteiger partial charge in [0.15, 0.2) is 0 Å². The van der Waals surface area contributed by atoms with E-state index in [9.17, 15) is 8.42 Å². The fourth-order valence-electron chi connectivity index (χ4n) is 3.76. The van der Waals surface area contributed by atoms with Crippen LogP contribution in [0.1, 0.15) is 38.2 Å². The number of ether oxygens (including phenoxy) is 1. The molecule has 1 aromatic carbocycles. The summed E-state index contributed by atoms with van der Waals surface area (Å²) in [5.74, 6) is 0.741. The highest BCUT2D eigenvalue weighted by Gasteiger charge is 2.37. The average molecular weight is 338 g/mol. The van der Waals surface area contributed by atoms with E-state index in [-0.39, 0.29) is 6.04 Å². The average Bonchev–Trinajstić information content (AvgIpc) is 2.92. The number of rotatable bonds is 5. The third-order valence-electron chi connectivity index (χ3n) is 4.92. The Morgan fingerprint density at radius 1 is 1.26 bits per heavy atom. The molecular formula is C17H26N2O3S. The molecule has 0 unspecified atom stereocenters. The van der Waals surface area contributed by atoms with Gasteiger partial charge in [-0.15, -0.1) is 0 Å². The first-order chi connectivity index (χ1) is 11.0. The Labute approximate surface area is 139 Å². The lowest BCUT2D eigenvalue weighted by Gasteiger charge is -2.32. The van der Waals surface area contributed by atoms with E-state index in [4.69, 9.17) is 4.74 Å². The number of hydrogen-bond donors (Lipinski definition) is 1. The molecule has 1 aromatic rings. The van der Waals surface area contributed by atoms with E-state index in [1.807, 2.05) is 13.8 Å². The van der Waals surface area contributed by atoms with Gasteiger partial charge >= 0.3 is 0 Å². The number of benzene rings is 1. The number of aryl methyl sites for hydroxylation is 1. The zero-order valence-electron chi connectivity index (χ0n) is 13.9. The highest BCUT2D eigenvalue weighted by Crippen LogP contribution is 2.29. The molecule has 0 spiro atoms. The molecule has 5 nitrogen and oxygen atoms in total. The number of nitrogens with one attached hydrogen (secondary N) is 1. The summed E-state index contributed by atoms with van der Waals surface area (Å²) in [5, 5.41) is 0. The van der Waals surface area contributed by atoms with Gasteiger partial charge < -0.3 is 4.74 Å². The Morgan fingerprint density at radius 3 is 2.83 bits per heavy atom. The molecule has 2 fully saturated rings. The summed E-state index contributed by atoms with van der Waals surface area (Å²) >= 11 is 0. The van der Waals surface area contributed by atoms with E-state index in [1.54, 1.807) is 18.2 Å². The van der Waals surface area contributed by atoms with Crippen molar-refractivity contribution >= 4 is 10.0 Å². The molecule has 0 bridgehead atoms. The molecule has 0 aromatic heterocycles. The van der Waals surface area contributed by atoms with Crippen molar-refractivity contribution in [2.45, 2.75) is 56.5 Å². The molecule has 0 amide bonds. The molecule has 128 valence electrons. The van der Waals surface area contributed by atoms with Crippen LogP contribution < -0.4 is 9.46 Å². The van der Waals surface area contributed by atoms with Crippen LogP contribution in [0.5, 0.6) is 5.75 Å². The Kier molecular flexibility index (Phi) is 4.94. The smallest absolute Gasteiger partial charge is 0.240 e. The Bertz CT molecular complexity index is 660. The summed E-state index contributed by atoms with van der Waals surface area (Å²) in [6.45, 7) is 6.47. The van der Waals surface area contributed by atoms with E-state index < -0.39 is 10.0 Å². The van der Waals surface area contributed by atoms with Crippen LogP contribution in [0, 0.1) is 6.92 Å². The molecule has 23 heavy (non-hydrogen) atoms. The molecule has 2 saturated heterocycles. The molecule has 0 saturated carbocycles. The van der Waals surface area contributed by atoms with Crippen LogP contribution in [0.25, 0.3) is 0 Å². The summed E-state index contributed by atoms with van der Waals surface area (Å²) in [7, 11) is -3.48. The second kappa shape index (κ2) is 6.79. The lowest BCUT2D eigenvalue weighted by atomic mass is 10.00. The molecule has 2 aliphatic rings. The SMILES string of the molecule is CCOc1ccc(S(=O)(=O)N[C@@H]2CCN3CCCC[C@@H]23)cc1C. The second-order valence-corrected chi connectivity index (χ2v) is 8.19. The van der Waals surface area contributed by atoms with Crippen LogP contribution in [0.3, 0.4) is 0 Å². The van der Waals surface area contributed by atoms with Crippen molar-refractivity contribution in [2.75, 3.05) is 19.7 Å². The van der Waals surface area contributed by atoms with E-state index >= 15 is 0 Å². The van der Waals surface area contributed by atoms with Gasteiger partial charge in [-0.2, -0.15) is 0 Å². The lowest BCUT2D eigenvalue weighted by molar-refractivity contribution is 0.186. The fraction of sp³-hybridized carbons (Fsp3) is 0.647. The standard InChI is InChI=1S/C17H26N2O3S/c1-3-22-17-8-7-14(12-13(17)2)23(20,21)18-15-9-11-19-10-5-4-6-16(15)19/h7-8,12,15-16,18H,3-6,9-11H2,1-2H3/t15-,16+/m1/s1. The molecular weight excluding hydrogens is 312 g/mol. The summed E-state index contributed by atoms with van der Waals surface area (Å²) in [6, 6.07) is 5.47. The first-order valence-electron chi connectivity index (χ1n) is 8.51. The van der Waals surface area contributed by atoms with Gasteiger partial charge in [0.25, 0.3) is 0 Å². The Hall–Kier alpha value is -1.11. The van der Waals surface area contributed by atoms with Crippen LogP contribution in [0.15, 0.2) is 23.1 Å². The first kappa shape index (κ1) is 16.7. The number of hydrogen-bond acceptors (Lipinski definition) is 4. The van der Waals surface area contributed by atoms with E-state index in [0.29, 0.717) is 17.5 Å². The van der Waals surface area contributed by atoms with Gasteiger partial charge in [0.1, 0.15) is 5.75 Å². The fourth-order valence-corrected chi connectivity index (χ4v) is 5.15. The Balaban J connectivity index is 1.75. The zero-order chi connectivity index (χ0) is 16.4. The van der Waals surface area contributed by atoms with Gasteiger partial charge in [0, 0.05) is 18.6 Å². The van der Waals surface area contributed by atoms with Crippen molar-refractivity contribution in [1.82, 2.24) is 9.62 Å². The van der Waals surface area contributed by atoms with Crippen molar-refractivity contribution in [2.24, 2.45) is 0 Å². The number of sulfonamides is 1. The maximum absolute atomic E-state index is 12.7. The maximum Gasteiger partial charge on any atom is 0.240 e. The third-order valence-corrected chi connectivity index (χ3v) is 6.41. The van der Waals surface area contributed by atoms with Gasteiger partial charge in [-0.25, -0.2) is 13.1 Å². The largest absolute Gasteiger partial charge is 0.494 e. The summed E-state index contributed by atoms with van der Waals surface area (Å²) in [4.78, 5) is 2.76. The van der Waals surface area contributed by atoms with Crippen molar-refractivity contribution < 1.29 is 13.2 Å². The molecule has 2 heterocycles. The van der Waals surface area contributed by atoms with Gasteiger partial charge in [-0.05, 0) is 63.4 Å². The van der Waals surface area contributed by atoms with Crippen LogP contribution in [0.4, 0.5) is 0 Å². The summed E-state index contributed by atoms with van der Waals surface area (Å²) in [5.41, 5.74) is 0.848. The number of fused-ring (bicyclic) bond motifs is 1. The molecule has 2 aliphatic heterocycles.